The van der Waals surface area contributed by atoms with Crippen molar-refractivity contribution < 1.29 is 33.0 Å². The summed E-state index contributed by atoms with van der Waals surface area (Å²) < 4.78 is 31.8. The van der Waals surface area contributed by atoms with Crippen LogP contribution in [0.3, 0.4) is 0 Å². The van der Waals surface area contributed by atoms with Crippen molar-refractivity contribution in [2.45, 2.75) is 13.0 Å². The summed E-state index contributed by atoms with van der Waals surface area (Å²) in [4.78, 5) is 45.0. The Kier molecular flexibility index (Phi) is 9.48. The highest BCUT2D eigenvalue weighted by atomic mass is 35.5. The molecule has 0 saturated carbocycles. The molecule has 12 nitrogen and oxygen atoms in total. The molecule has 4 amide bonds. The van der Waals surface area contributed by atoms with E-state index in [0.717, 1.165) is 5.56 Å². The number of hydrogen-bond acceptors (Lipinski definition) is 9. The van der Waals surface area contributed by atoms with Gasteiger partial charge in [-0.3, -0.25) is 14.9 Å². The number of fused-ring (bicyclic) bond motifs is 2. The molecule has 2 heterocycles. The summed E-state index contributed by atoms with van der Waals surface area (Å²) in [6, 6.07) is 19.7. The number of anilines is 2. The summed E-state index contributed by atoms with van der Waals surface area (Å²) in [6.45, 7) is 0.556. The molecule has 0 radical (unpaired) electrons. The number of rotatable bonds is 11. The van der Waals surface area contributed by atoms with E-state index in [1.807, 2.05) is 0 Å². The van der Waals surface area contributed by atoms with Crippen LogP contribution >= 0.6 is 11.6 Å². The summed E-state index contributed by atoms with van der Waals surface area (Å²) in [7, 11) is 1.50. The van der Waals surface area contributed by atoms with Gasteiger partial charge < -0.3 is 30.2 Å². The van der Waals surface area contributed by atoms with Gasteiger partial charge in [-0.05, 0) is 47.5 Å². The van der Waals surface area contributed by atoms with Crippen LogP contribution in [0.25, 0.3) is 10.9 Å². The first kappa shape index (κ1) is 32.0. The molecule has 48 heavy (non-hydrogen) atoms. The van der Waals surface area contributed by atoms with E-state index in [1.54, 1.807) is 66.7 Å². The van der Waals surface area contributed by atoms with Gasteiger partial charge in [-0.15, -0.1) is 0 Å². The lowest BCUT2D eigenvalue weighted by Crippen LogP contribution is -2.37. The third-order valence-electron chi connectivity index (χ3n) is 7.32. The lowest BCUT2D eigenvalue weighted by molar-refractivity contribution is -0.119. The predicted octanol–water partition coefficient (Wildman–Crippen LogP) is 5.66. The molecule has 0 fully saturated rings. The van der Waals surface area contributed by atoms with Gasteiger partial charge in [0, 0.05) is 18.0 Å². The smallest absolute Gasteiger partial charge is 0.315 e. The quantitative estimate of drug-likeness (QED) is 0.103. The molecular formula is C34H28ClFN6O6. The van der Waals surface area contributed by atoms with Crippen LogP contribution in [-0.4, -0.2) is 48.1 Å². The largest absolute Gasteiger partial charge is 0.493 e. The van der Waals surface area contributed by atoms with Gasteiger partial charge in [-0.25, -0.2) is 19.2 Å². The van der Waals surface area contributed by atoms with Crippen molar-refractivity contribution in [2.75, 3.05) is 25.6 Å². The molecule has 14 heteroatoms. The second kappa shape index (κ2) is 14.2. The maximum atomic E-state index is 14.5. The van der Waals surface area contributed by atoms with Crippen molar-refractivity contribution in [3.05, 3.63) is 107 Å². The van der Waals surface area contributed by atoms with Crippen LogP contribution in [-0.2, 0) is 17.8 Å². The number of nitrogens with one attached hydrogen (secondary N) is 4. The molecule has 244 valence electrons. The Morgan fingerprint density at radius 3 is 2.60 bits per heavy atom. The summed E-state index contributed by atoms with van der Waals surface area (Å²) in [5.74, 6) is 0.538. The van der Waals surface area contributed by atoms with Gasteiger partial charge in [-0.1, -0.05) is 41.9 Å². The Hall–Kier alpha value is -5.95. The number of halogens is 2. The van der Waals surface area contributed by atoms with Crippen LogP contribution < -0.4 is 35.5 Å². The van der Waals surface area contributed by atoms with Gasteiger partial charge in [0.25, 0.3) is 5.91 Å². The van der Waals surface area contributed by atoms with Crippen molar-refractivity contribution >= 4 is 51.9 Å². The number of carbonyl (C=O) groups excluding carboxylic acids is 3. The van der Waals surface area contributed by atoms with Crippen molar-refractivity contribution in [3.8, 4) is 23.0 Å². The standard InChI is InChI=1S/C34H28ClFN6O6/c1-46-27-16-25-22(32(40-18-39-25)41-24-6-3-5-23(35)31(24)36)15-28(27)47-13-12-37-34(45)38-17-19-8-10-21(11-9-19)48-26-7-2-4-20-14-29(43)42-33(44)30(20)26/h2-11,15-16,18H,12-14,17H2,1H3,(H2,37,38,45)(H,39,40,41)(H,42,43,44). The van der Waals surface area contributed by atoms with E-state index in [-0.39, 0.29) is 42.7 Å². The zero-order chi connectivity index (χ0) is 33.6. The molecule has 0 unspecified atom stereocenters. The zero-order valence-corrected chi connectivity index (χ0v) is 26.2. The molecule has 1 aromatic heterocycles. The average Bonchev–Trinajstić information content (AvgIpc) is 3.08. The summed E-state index contributed by atoms with van der Waals surface area (Å²) in [5, 5.41) is 11.3. The maximum Gasteiger partial charge on any atom is 0.315 e. The van der Waals surface area contributed by atoms with E-state index in [1.165, 1.54) is 19.5 Å². The van der Waals surface area contributed by atoms with E-state index in [0.29, 0.717) is 50.8 Å². The summed E-state index contributed by atoms with van der Waals surface area (Å²) >= 11 is 5.92. The molecule has 5 aromatic rings. The van der Waals surface area contributed by atoms with Gasteiger partial charge in [0.2, 0.25) is 5.91 Å². The minimum atomic E-state index is -0.607. The SMILES string of the molecule is COc1cc2ncnc(Nc3cccc(Cl)c3F)c2cc1OCCNC(=O)NCc1ccc(Oc2cccc3c2C(=O)NC(=O)C3)cc1. The predicted molar refractivity (Wildman–Crippen MR) is 176 cm³/mol. The van der Waals surface area contributed by atoms with Crippen LogP contribution in [0.1, 0.15) is 21.5 Å². The monoisotopic (exact) mass is 670 g/mol. The number of amides is 4. The van der Waals surface area contributed by atoms with Crippen molar-refractivity contribution in [1.29, 1.82) is 0 Å². The first-order valence-corrected chi connectivity index (χ1v) is 15.1. The molecule has 1 aliphatic rings. The van der Waals surface area contributed by atoms with E-state index in [9.17, 15) is 18.8 Å². The van der Waals surface area contributed by atoms with Crippen molar-refractivity contribution in [2.24, 2.45) is 0 Å². The topological polar surface area (TPSA) is 153 Å². The Bertz CT molecular complexity index is 2030. The minimum Gasteiger partial charge on any atom is -0.493 e. The Labute approximate surface area is 278 Å². The lowest BCUT2D eigenvalue weighted by Gasteiger charge is -2.18. The molecule has 0 spiro atoms. The fraction of sp³-hybridized carbons (Fsp3) is 0.147. The first-order valence-electron chi connectivity index (χ1n) is 14.7. The van der Waals surface area contributed by atoms with E-state index in [2.05, 4.69) is 31.2 Å². The second-order valence-corrected chi connectivity index (χ2v) is 10.9. The summed E-state index contributed by atoms with van der Waals surface area (Å²) in [6.07, 6.45) is 1.46. The molecule has 0 saturated heterocycles. The normalized spacial score (nSPS) is 12.1. The Balaban J connectivity index is 1.01. The first-order chi connectivity index (χ1) is 23.3. The number of carbonyl (C=O) groups is 3. The van der Waals surface area contributed by atoms with Crippen LogP contribution in [0.2, 0.25) is 5.02 Å². The van der Waals surface area contributed by atoms with E-state index in [4.69, 9.17) is 25.8 Å². The number of aromatic nitrogens is 2. The molecule has 1 aliphatic heterocycles. The minimum absolute atomic E-state index is 0.0245. The second-order valence-electron chi connectivity index (χ2n) is 10.5. The maximum absolute atomic E-state index is 14.5. The van der Waals surface area contributed by atoms with Crippen LogP contribution in [0.5, 0.6) is 23.0 Å². The molecule has 0 atom stereocenters. The third-order valence-corrected chi connectivity index (χ3v) is 7.61. The molecule has 0 bridgehead atoms. The molecule has 0 aliphatic carbocycles. The van der Waals surface area contributed by atoms with Crippen molar-refractivity contribution in [1.82, 2.24) is 25.9 Å². The number of nitrogens with zero attached hydrogens (tertiary/aromatic N) is 2. The van der Waals surface area contributed by atoms with Crippen molar-refractivity contribution in [3.63, 3.8) is 0 Å². The van der Waals surface area contributed by atoms with Gasteiger partial charge in [-0.2, -0.15) is 0 Å². The number of hydrogen-bond donors (Lipinski definition) is 4. The number of imide groups is 1. The Morgan fingerprint density at radius 1 is 0.979 bits per heavy atom. The van der Waals surface area contributed by atoms with Gasteiger partial charge >= 0.3 is 6.03 Å². The molecule has 4 N–H and O–H groups in total. The van der Waals surface area contributed by atoms with E-state index >= 15 is 0 Å². The number of urea groups is 1. The zero-order valence-electron chi connectivity index (χ0n) is 25.4. The molecule has 6 rings (SSSR count). The van der Waals surface area contributed by atoms with Gasteiger partial charge in [0.1, 0.15) is 30.3 Å². The molecular weight excluding hydrogens is 643 g/mol. The highest BCUT2D eigenvalue weighted by Gasteiger charge is 2.26. The van der Waals surface area contributed by atoms with Crippen LogP contribution in [0.4, 0.5) is 20.7 Å². The van der Waals surface area contributed by atoms with Crippen LogP contribution in [0, 0.1) is 5.82 Å². The number of ether oxygens (including phenoxy) is 3. The van der Waals surface area contributed by atoms with E-state index < -0.39 is 17.8 Å². The van der Waals surface area contributed by atoms with Gasteiger partial charge in [0.05, 0.1) is 41.9 Å². The third kappa shape index (κ3) is 7.21. The molecule has 4 aromatic carbocycles. The highest BCUT2D eigenvalue weighted by Crippen LogP contribution is 2.35. The fourth-order valence-corrected chi connectivity index (χ4v) is 5.18. The highest BCUT2D eigenvalue weighted by molar-refractivity contribution is 6.31. The lowest BCUT2D eigenvalue weighted by atomic mass is 9.99. The Morgan fingerprint density at radius 2 is 1.79 bits per heavy atom. The summed E-state index contributed by atoms with van der Waals surface area (Å²) in [5.41, 5.74) is 2.46. The average molecular weight is 671 g/mol. The fourth-order valence-electron chi connectivity index (χ4n) is 5.01. The van der Waals surface area contributed by atoms with Crippen LogP contribution in [0.15, 0.2) is 79.1 Å². The number of benzene rings is 4. The van der Waals surface area contributed by atoms with Gasteiger partial charge in [0.15, 0.2) is 17.3 Å². The number of methoxy groups -OCH3 is 1.